The molecular formula is C14H15BrFNOS. The SMILES string of the molecule is CCC(N)C(Oc1ccccc1F)c1ccc(Br)s1. The first-order chi connectivity index (χ1) is 9.11. The summed E-state index contributed by atoms with van der Waals surface area (Å²) < 4.78 is 20.5. The molecule has 2 nitrogen and oxygen atoms in total. The van der Waals surface area contributed by atoms with Crippen LogP contribution in [0.4, 0.5) is 4.39 Å². The van der Waals surface area contributed by atoms with Crippen LogP contribution in [0.15, 0.2) is 40.2 Å². The van der Waals surface area contributed by atoms with E-state index in [1.807, 2.05) is 19.1 Å². The molecule has 1 heterocycles. The highest BCUT2D eigenvalue weighted by atomic mass is 79.9. The van der Waals surface area contributed by atoms with Crippen molar-refractivity contribution in [1.29, 1.82) is 0 Å². The van der Waals surface area contributed by atoms with Gasteiger partial charge in [-0.25, -0.2) is 4.39 Å². The van der Waals surface area contributed by atoms with Crippen molar-refractivity contribution in [1.82, 2.24) is 0 Å². The van der Waals surface area contributed by atoms with E-state index in [0.717, 1.165) is 15.1 Å². The zero-order chi connectivity index (χ0) is 13.8. The summed E-state index contributed by atoms with van der Waals surface area (Å²) in [5.74, 6) is -0.132. The van der Waals surface area contributed by atoms with Crippen LogP contribution in [0, 0.1) is 5.82 Å². The van der Waals surface area contributed by atoms with Gasteiger partial charge in [-0.2, -0.15) is 0 Å². The van der Waals surface area contributed by atoms with Crippen molar-refractivity contribution >= 4 is 27.3 Å². The van der Waals surface area contributed by atoms with Gasteiger partial charge in [-0.3, -0.25) is 0 Å². The summed E-state index contributed by atoms with van der Waals surface area (Å²) in [6, 6.07) is 10.1. The molecule has 2 atom stereocenters. The van der Waals surface area contributed by atoms with Crippen LogP contribution < -0.4 is 10.5 Å². The summed E-state index contributed by atoms with van der Waals surface area (Å²) in [4.78, 5) is 0.990. The lowest BCUT2D eigenvalue weighted by Gasteiger charge is -2.23. The van der Waals surface area contributed by atoms with Gasteiger partial charge in [0.2, 0.25) is 0 Å². The summed E-state index contributed by atoms with van der Waals surface area (Å²) in [6.07, 6.45) is 0.424. The van der Waals surface area contributed by atoms with E-state index in [0.29, 0.717) is 0 Å². The average Bonchev–Trinajstić information content (AvgIpc) is 2.83. The summed E-state index contributed by atoms with van der Waals surface area (Å²) in [6.45, 7) is 1.99. The second-order valence-corrected chi connectivity index (χ2v) is 6.68. The van der Waals surface area contributed by atoms with Crippen molar-refractivity contribution in [3.8, 4) is 5.75 Å². The number of hydrogen-bond donors (Lipinski definition) is 1. The Bertz CT molecular complexity index is 546. The quantitative estimate of drug-likeness (QED) is 0.866. The minimum Gasteiger partial charge on any atom is -0.480 e. The Morgan fingerprint density at radius 3 is 2.63 bits per heavy atom. The molecule has 0 aliphatic carbocycles. The van der Waals surface area contributed by atoms with Crippen LogP contribution in [0.2, 0.25) is 0 Å². The van der Waals surface area contributed by atoms with Gasteiger partial charge in [0.25, 0.3) is 0 Å². The highest BCUT2D eigenvalue weighted by Crippen LogP contribution is 2.33. The van der Waals surface area contributed by atoms with Gasteiger partial charge in [-0.15, -0.1) is 11.3 Å². The van der Waals surface area contributed by atoms with Crippen molar-refractivity contribution in [3.63, 3.8) is 0 Å². The van der Waals surface area contributed by atoms with Gasteiger partial charge >= 0.3 is 0 Å². The smallest absolute Gasteiger partial charge is 0.165 e. The number of hydrogen-bond acceptors (Lipinski definition) is 3. The molecule has 5 heteroatoms. The normalized spacial score (nSPS) is 14.1. The standard InChI is InChI=1S/C14H15BrFNOS/c1-2-10(17)14(12-7-8-13(15)19-12)18-11-6-4-3-5-9(11)16/h3-8,10,14H,2,17H2,1H3. The number of rotatable bonds is 5. The van der Waals surface area contributed by atoms with Crippen LogP contribution in [0.25, 0.3) is 0 Å². The minimum atomic E-state index is -0.369. The second kappa shape index (κ2) is 6.50. The zero-order valence-corrected chi connectivity index (χ0v) is 12.9. The molecule has 0 bridgehead atoms. The molecular weight excluding hydrogens is 329 g/mol. The zero-order valence-electron chi connectivity index (χ0n) is 10.5. The van der Waals surface area contributed by atoms with Crippen molar-refractivity contribution in [2.75, 3.05) is 0 Å². The first kappa shape index (κ1) is 14.5. The molecule has 0 saturated heterocycles. The Morgan fingerprint density at radius 1 is 1.32 bits per heavy atom. The molecule has 0 aliphatic rings. The van der Waals surface area contributed by atoms with Crippen LogP contribution in [0.5, 0.6) is 5.75 Å². The van der Waals surface area contributed by atoms with Crippen LogP contribution in [-0.4, -0.2) is 6.04 Å². The van der Waals surface area contributed by atoms with E-state index in [2.05, 4.69) is 15.9 Å². The minimum absolute atomic E-state index is 0.176. The van der Waals surface area contributed by atoms with Gasteiger partial charge in [-0.05, 0) is 46.6 Å². The molecule has 0 radical (unpaired) electrons. The molecule has 0 aliphatic heterocycles. The fraction of sp³-hybridized carbons (Fsp3) is 0.286. The lowest BCUT2D eigenvalue weighted by molar-refractivity contribution is 0.167. The predicted octanol–water partition coefficient (Wildman–Crippen LogP) is 4.51. The monoisotopic (exact) mass is 343 g/mol. The van der Waals surface area contributed by atoms with Crippen LogP contribution in [-0.2, 0) is 0 Å². The molecule has 1 aromatic carbocycles. The van der Waals surface area contributed by atoms with Crippen LogP contribution in [0.3, 0.4) is 0 Å². The Balaban J connectivity index is 2.27. The molecule has 2 rings (SSSR count). The van der Waals surface area contributed by atoms with E-state index in [-0.39, 0.29) is 23.7 Å². The highest BCUT2D eigenvalue weighted by molar-refractivity contribution is 9.11. The van der Waals surface area contributed by atoms with Gasteiger partial charge in [-0.1, -0.05) is 19.1 Å². The molecule has 0 saturated carbocycles. The molecule has 0 amide bonds. The lowest BCUT2D eigenvalue weighted by atomic mass is 10.1. The first-order valence-corrected chi connectivity index (χ1v) is 7.64. The van der Waals surface area contributed by atoms with E-state index in [1.165, 1.54) is 6.07 Å². The largest absolute Gasteiger partial charge is 0.480 e. The van der Waals surface area contributed by atoms with Crippen LogP contribution >= 0.6 is 27.3 Å². The van der Waals surface area contributed by atoms with Gasteiger partial charge in [0.1, 0.15) is 6.10 Å². The second-order valence-electron chi connectivity index (χ2n) is 4.18. The van der Waals surface area contributed by atoms with Gasteiger partial charge in [0.15, 0.2) is 11.6 Å². The number of halogens is 2. The molecule has 2 N–H and O–H groups in total. The third-order valence-electron chi connectivity index (χ3n) is 2.83. The third kappa shape index (κ3) is 3.55. The maximum Gasteiger partial charge on any atom is 0.165 e. The predicted molar refractivity (Wildman–Crippen MR) is 80.1 cm³/mol. The fourth-order valence-corrected chi connectivity index (χ4v) is 3.26. The lowest BCUT2D eigenvalue weighted by Crippen LogP contribution is -2.31. The fourth-order valence-electron chi connectivity index (χ4n) is 1.73. The molecule has 2 aromatic rings. The highest BCUT2D eigenvalue weighted by Gasteiger charge is 2.23. The first-order valence-electron chi connectivity index (χ1n) is 6.03. The van der Waals surface area contributed by atoms with E-state index in [1.54, 1.807) is 29.5 Å². The summed E-state index contributed by atoms with van der Waals surface area (Å²) >= 11 is 4.97. The topological polar surface area (TPSA) is 35.2 Å². The Hall–Kier alpha value is -0.910. The Labute approximate surface area is 124 Å². The summed E-state index contributed by atoms with van der Waals surface area (Å²) in [5.41, 5.74) is 6.10. The summed E-state index contributed by atoms with van der Waals surface area (Å²) in [5, 5.41) is 0. The Morgan fingerprint density at radius 2 is 2.05 bits per heavy atom. The Kier molecular flexibility index (Phi) is 4.96. The molecule has 0 spiro atoms. The van der Waals surface area contributed by atoms with E-state index in [4.69, 9.17) is 10.5 Å². The number of benzene rings is 1. The number of ether oxygens (including phenoxy) is 1. The van der Waals surface area contributed by atoms with Crippen molar-refractivity contribution in [2.45, 2.75) is 25.5 Å². The van der Waals surface area contributed by atoms with Crippen molar-refractivity contribution in [2.24, 2.45) is 5.73 Å². The number of nitrogens with two attached hydrogens (primary N) is 1. The third-order valence-corrected chi connectivity index (χ3v) is 4.51. The molecule has 0 fully saturated rings. The van der Waals surface area contributed by atoms with E-state index >= 15 is 0 Å². The average molecular weight is 344 g/mol. The van der Waals surface area contributed by atoms with E-state index in [9.17, 15) is 4.39 Å². The van der Waals surface area contributed by atoms with Crippen LogP contribution in [0.1, 0.15) is 24.3 Å². The van der Waals surface area contributed by atoms with Crippen molar-refractivity contribution < 1.29 is 9.13 Å². The van der Waals surface area contributed by atoms with Crippen molar-refractivity contribution in [3.05, 3.63) is 50.9 Å². The molecule has 2 unspecified atom stereocenters. The maximum absolute atomic E-state index is 13.7. The van der Waals surface area contributed by atoms with Gasteiger partial charge in [0.05, 0.1) is 3.79 Å². The maximum atomic E-state index is 13.7. The molecule has 1 aromatic heterocycles. The molecule has 19 heavy (non-hydrogen) atoms. The molecule has 102 valence electrons. The van der Waals surface area contributed by atoms with E-state index < -0.39 is 0 Å². The summed E-state index contributed by atoms with van der Waals surface area (Å²) in [7, 11) is 0. The number of para-hydroxylation sites is 1. The number of thiophene rings is 1. The van der Waals surface area contributed by atoms with Gasteiger partial charge < -0.3 is 10.5 Å². The van der Waals surface area contributed by atoms with Gasteiger partial charge in [0, 0.05) is 10.9 Å².